The average Bonchev–Trinajstić information content (AvgIpc) is 2.45. The second-order valence-electron chi connectivity index (χ2n) is 6.87. The summed E-state index contributed by atoms with van der Waals surface area (Å²) >= 11 is 0. The monoisotopic (exact) mass is 302 g/mol. The molecular formula is C17H26N4O. The molecule has 3 aliphatic rings. The number of ketones is 1. The van der Waals surface area contributed by atoms with E-state index in [1.165, 1.54) is 11.1 Å². The molecule has 3 aliphatic heterocycles. The van der Waals surface area contributed by atoms with E-state index in [-0.39, 0.29) is 12.2 Å². The normalized spacial score (nSPS) is 28.3. The lowest BCUT2D eigenvalue weighted by Crippen LogP contribution is -2.61. The number of allylic oxidation sites excluding steroid dienone is 2. The van der Waals surface area contributed by atoms with Crippen LogP contribution in [0.4, 0.5) is 0 Å². The van der Waals surface area contributed by atoms with Gasteiger partial charge >= 0.3 is 0 Å². The summed E-state index contributed by atoms with van der Waals surface area (Å²) in [7, 11) is 0. The molecule has 3 heterocycles. The Hall–Kier alpha value is -1.59. The Morgan fingerprint density at radius 3 is 2.77 bits per heavy atom. The van der Waals surface area contributed by atoms with E-state index in [4.69, 9.17) is 0 Å². The summed E-state index contributed by atoms with van der Waals surface area (Å²) in [6.45, 7) is 9.12. The molecule has 5 heteroatoms. The molecule has 22 heavy (non-hydrogen) atoms. The van der Waals surface area contributed by atoms with Crippen LogP contribution in [0.5, 0.6) is 0 Å². The van der Waals surface area contributed by atoms with Gasteiger partial charge in [0.1, 0.15) is 6.17 Å². The number of Topliss-reactive ketones (excluding diaryl/α,β-unsaturated/α-hetero) is 1. The van der Waals surface area contributed by atoms with E-state index in [0.29, 0.717) is 30.8 Å². The maximum Gasteiger partial charge on any atom is 0.151 e. The molecule has 2 atom stereocenters. The molecule has 2 N–H and O–H groups in total. The van der Waals surface area contributed by atoms with Crippen LogP contribution in [0.1, 0.15) is 34.1 Å². The second-order valence-corrected chi connectivity index (χ2v) is 6.87. The zero-order valence-electron chi connectivity index (χ0n) is 13.8. The Bertz CT molecular complexity index is 547. The van der Waals surface area contributed by atoms with Crippen molar-refractivity contribution in [3.05, 3.63) is 35.7 Å². The van der Waals surface area contributed by atoms with Crippen LogP contribution < -0.4 is 10.7 Å². The molecule has 0 spiro atoms. The highest BCUT2D eigenvalue weighted by atomic mass is 16.1. The number of hydrogen-bond acceptors (Lipinski definition) is 5. The van der Waals surface area contributed by atoms with E-state index < -0.39 is 0 Å². The number of nitrogens with one attached hydrogen (secondary N) is 2. The first kappa shape index (κ1) is 15.3. The lowest BCUT2D eigenvalue weighted by atomic mass is 9.84. The van der Waals surface area contributed by atoms with E-state index in [9.17, 15) is 4.79 Å². The van der Waals surface area contributed by atoms with Gasteiger partial charge in [-0.25, -0.2) is 5.43 Å². The smallest absolute Gasteiger partial charge is 0.151 e. The number of carbonyl (C=O) groups is 1. The summed E-state index contributed by atoms with van der Waals surface area (Å²) < 4.78 is 0. The summed E-state index contributed by atoms with van der Waals surface area (Å²) in [5.74, 6) is 0.305. The van der Waals surface area contributed by atoms with E-state index in [2.05, 4.69) is 66.7 Å². The van der Waals surface area contributed by atoms with Crippen molar-refractivity contribution in [2.45, 2.75) is 58.4 Å². The summed E-state index contributed by atoms with van der Waals surface area (Å²) in [6.07, 6.45) is 9.02. The number of dihydropyridines is 1. The Labute approximate surface area is 132 Å². The van der Waals surface area contributed by atoms with Gasteiger partial charge < -0.3 is 5.32 Å². The minimum atomic E-state index is 0.107. The van der Waals surface area contributed by atoms with Gasteiger partial charge in [0, 0.05) is 24.7 Å². The van der Waals surface area contributed by atoms with Crippen molar-refractivity contribution in [1.82, 2.24) is 20.7 Å². The van der Waals surface area contributed by atoms with Gasteiger partial charge in [-0.2, -0.15) is 0 Å². The molecule has 5 nitrogen and oxygen atoms in total. The zero-order chi connectivity index (χ0) is 15.9. The van der Waals surface area contributed by atoms with Gasteiger partial charge in [-0.3, -0.25) is 14.7 Å². The Balaban J connectivity index is 2.01. The molecular weight excluding hydrogens is 276 g/mol. The van der Waals surface area contributed by atoms with Crippen molar-refractivity contribution in [1.29, 1.82) is 0 Å². The number of nitrogens with zero attached hydrogens (tertiary/aromatic N) is 2. The number of piperidine rings is 1. The Kier molecular flexibility index (Phi) is 4.10. The van der Waals surface area contributed by atoms with Crippen LogP contribution in [0, 0.1) is 0 Å². The standard InChI is InChI=1S/C17H26N4O/c1-11(2)19-21-9-13-8-14(22)10-20(12(3)4)16(13)15-6-5-7-18-17(15)21/h5-7,9,11-12,16-19H,8,10H2,1-4H3. The van der Waals surface area contributed by atoms with Crippen molar-refractivity contribution in [3.63, 3.8) is 0 Å². The molecule has 1 fully saturated rings. The minimum absolute atomic E-state index is 0.107. The van der Waals surface area contributed by atoms with Gasteiger partial charge in [-0.15, -0.1) is 0 Å². The number of carbonyl (C=O) groups excluding carboxylic acids is 1. The van der Waals surface area contributed by atoms with E-state index in [1.807, 2.05) is 6.20 Å². The zero-order valence-corrected chi connectivity index (χ0v) is 13.8. The highest BCUT2D eigenvalue weighted by Gasteiger charge is 2.42. The highest BCUT2D eigenvalue weighted by Crippen LogP contribution is 2.35. The van der Waals surface area contributed by atoms with Crippen LogP contribution >= 0.6 is 0 Å². The summed E-state index contributed by atoms with van der Waals surface area (Å²) in [6, 6.07) is 0.905. The van der Waals surface area contributed by atoms with E-state index in [1.54, 1.807) is 0 Å². The summed E-state index contributed by atoms with van der Waals surface area (Å²) in [5, 5.41) is 5.55. The lowest BCUT2D eigenvalue weighted by molar-refractivity contribution is -0.122. The Morgan fingerprint density at radius 1 is 1.32 bits per heavy atom. The number of rotatable bonds is 3. The molecule has 120 valence electrons. The van der Waals surface area contributed by atoms with E-state index >= 15 is 0 Å². The topological polar surface area (TPSA) is 47.6 Å². The highest BCUT2D eigenvalue weighted by molar-refractivity contribution is 5.85. The number of hydrazine groups is 1. The second kappa shape index (κ2) is 5.89. The van der Waals surface area contributed by atoms with Crippen LogP contribution in [-0.2, 0) is 4.79 Å². The molecule has 0 aromatic heterocycles. The Morgan fingerprint density at radius 2 is 2.09 bits per heavy atom. The van der Waals surface area contributed by atoms with Crippen LogP contribution in [0.15, 0.2) is 35.7 Å². The predicted octanol–water partition coefficient (Wildman–Crippen LogP) is 1.52. The fourth-order valence-corrected chi connectivity index (χ4v) is 3.53. The average molecular weight is 302 g/mol. The first-order chi connectivity index (χ1) is 10.5. The molecule has 0 bridgehead atoms. The third-order valence-electron chi connectivity index (χ3n) is 4.37. The molecule has 0 saturated carbocycles. The maximum absolute atomic E-state index is 12.2. The van der Waals surface area contributed by atoms with Crippen molar-refractivity contribution in [3.8, 4) is 0 Å². The van der Waals surface area contributed by atoms with Crippen LogP contribution in [0.2, 0.25) is 0 Å². The van der Waals surface area contributed by atoms with Gasteiger partial charge in [0.15, 0.2) is 5.78 Å². The van der Waals surface area contributed by atoms with Crippen molar-refractivity contribution in [2.75, 3.05) is 6.54 Å². The summed E-state index contributed by atoms with van der Waals surface area (Å²) in [4.78, 5) is 14.5. The van der Waals surface area contributed by atoms with Crippen LogP contribution in [0.3, 0.4) is 0 Å². The molecule has 0 radical (unpaired) electrons. The van der Waals surface area contributed by atoms with E-state index in [0.717, 1.165) is 0 Å². The molecule has 3 rings (SSSR count). The third-order valence-corrected chi connectivity index (χ3v) is 4.37. The largest absolute Gasteiger partial charge is 0.367 e. The molecule has 0 aromatic carbocycles. The molecule has 0 aliphatic carbocycles. The van der Waals surface area contributed by atoms with Crippen LogP contribution in [-0.4, -0.2) is 46.5 Å². The molecule has 1 saturated heterocycles. The van der Waals surface area contributed by atoms with Crippen molar-refractivity contribution >= 4 is 5.78 Å². The minimum Gasteiger partial charge on any atom is -0.367 e. The van der Waals surface area contributed by atoms with Gasteiger partial charge in [0.2, 0.25) is 0 Å². The maximum atomic E-state index is 12.2. The fourth-order valence-electron chi connectivity index (χ4n) is 3.53. The lowest BCUT2D eigenvalue weighted by Gasteiger charge is -2.49. The van der Waals surface area contributed by atoms with Crippen molar-refractivity contribution in [2.24, 2.45) is 0 Å². The fraction of sp³-hybridized carbons (Fsp3) is 0.588. The van der Waals surface area contributed by atoms with Crippen LogP contribution in [0.25, 0.3) is 0 Å². The number of hydrogen-bond donors (Lipinski definition) is 2. The third kappa shape index (κ3) is 2.71. The summed E-state index contributed by atoms with van der Waals surface area (Å²) in [5.41, 5.74) is 5.97. The van der Waals surface area contributed by atoms with Gasteiger partial charge in [0.05, 0.1) is 12.6 Å². The first-order valence-electron chi connectivity index (χ1n) is 8.12. The number of fused-ring (bicyclic) bond motifs is 3. The van der Waals surface area contributed by atoms with Crippen molar-refractivity contribution < 1.29 is 4.79 Å². The molecule has 0 aromatic rings. The number of likely N-dealkylation sites (tertiary alicyclic amines) is 1. The quantitative estimate of drug-likeness (QED) is 0.828. The van der Waals surface area contributed by atoms with Gasteiger partial charge in [-0.05, 0) is 51.1 Å². The SMILES string of the molecule is CC(C)NN1C=C2CC(=O)CN(C(C)C)C2C2=CC=CNC21. The molecule has 0 amide bonds. The molecule has 2 unspecified atom stereocenters. The first-order valence-corrected chi connectivity index (χ1v) is 8.12. The van der Waals surface area contributed by atoms with Gasteiger partial charge in [0.25, 0.3) is 0 Å². The predicted molar refractivity (Wildman–Crippen MR) is 87.6 cm³/mol. The van der Waals surface area contributed by atoms with Gasteiger partial charge in [-0.1, -0.05) is 6.08 Å².